The number of hydrogen-bond acceptors (Lipinski definition) is 6. The fourth-order valence-electron chi connectivity index (χ4n) is 4.06. The number of anilines is 1. The van der Waals surface area contributed by atoms with Gasteiger partial charge in [-0.15, -0.1) is 15.3 Å². The first-order valence-corrected chi connectivity index (χ1v) is 10.3. The van der Waals surface area contributed by atoms with Crippen molar-refractivity contribution in [3.05, 3.63) is 18.0 Å². The Balaban J connectivity index is 1.20. The lowest BCUT2D eigenvalue weighted by molar-refractivity contribution is 0.0773. The number of likely N-dealkylation sites (N-methyl/N-ethyl adjacent to an activating group) is 1. The summed E-state index contributed by atoms with van der Waals surface area (Å²) < 4.78 is 7.25. The molecule has 2 aliphatic heterocycles. The highest BCUT2D eigenvalue weighted by atomic mass is 16.5. The van der Waals surface area contributed by atoms with E-state index in [4.69, 9.17) is 9.84 Å². The summed E-state index contributed by atoms with van der Waals surface area (Å²) in [5.74, 6) is 2.39. The average molecular weight is 385 g/mol. The summed E-state index contributed by atoms with van der Waals surface area (Å²) in [4.78, 5) is 16.5. The van der Waals surface area contributed by atoms with Gasteiger partial charge in [0.25, 0.3) is 0 Å². The van der Waals surface area contributed by atoms with E-state index < -0.39 is 0 Å². The molecule has 9 heteroatoms. The molecule has 9 nitrogen and oxygen atoms in total. The highest BCUT2D eigenvalue weighted by Crippen LogP contribution is 2.35. The molecule has 2 saturated heterocycles. The van der Waals surface area contributed by atoms with Crippen LogP contribution in [0.2, 0.25) is 0 Å². The third-order valence-corrected chi connectivity index (χ3v) is 6.35. The molecule has 1 aliphatic carbocycles. The van der Waals surface area contributed by atoms with Gasteiger partial charge < -0.3 is 19.9 Å². The van der Waals surface area contributed by atoms with Gasteiger partial charge in [-0.1, -0.05) is 6.42 Å². The molecule has 2 amide bonds. The Kier molecular flexibility index (Phi) is 4.54. The van der Waals surface area contributed by atoms with E-state index in [9.17, 15) is 4.79 Å². The Labute approximate surface area is 164 Å². The van der Waals surface area contributed by atoms with Crippen molar-refractivity contribution in [2.24, 2.45) is 0 Å². The topological polar surface area (TPSA) is 87.9 Å². The number of urea groups is 1. The number of hydrogen-bond donors (Lipinski definition) is 1. The van der Waals surface area contributed by atoms with Crippen LogP contribution in [-0.2, 0) is 4.74 Å². The zero-order valence-corrected chi connectivity index (χ0v) is 16.3. The monoisotopic (exact) mass is 385 g/mol. The number of fused-ring (bicyclic) bond motifs is 1. The minimum Gasteiger partial charge on any atom is -0.381 e. The van der Waals surface area contributed by atoms with Crippen molar-refractivity contribution >= 4 is 17.5 Å². The molecule has 0 atom stereocenters. The molecule has 150 valence electrons. The van der Waals surface area contributed by atoms with E-state index in [-0.39, 0.29) is 18.1 Å². The van der Waals surface area contributed by atoms with Gasteiger partial charge in [0.15, 0.2) is 11.5 Å². The number of nitrogens with one attached hydrogen (secondary N) is 1. The first-order valence-electron chi connectivity index (χ1n) is 10.3. The van der Waals surface area contributed by atoms with Gasteiger partial charge in [0.05, 0.1) is 6.04 Å². The molecule has 0 aromatic carbocycles. The summed E-state index contributed by atoms with van der Waals surface area (Å²) in [7, 11) is 1.88. The Bertz CT molecular complexity index is 853. The number of amides is 2. The van der Waals surface area contributed by atoms with Gasteiger partial charge in [0.2, 0.25) is 0 Å². The fraction of sp³-hybridized carbons (Fsp3) is 0.684. The summed E-state index contributed by atoms with van der Waals surface area (Å²) in [6.45, 7) is 3.03. The van der Waals surface area contributed by atoms with Gasteiger partial charge in [-0.3, -0.25) is 0 Å². The molecule has 28 heavy (non-hydrogen) atoms. The van der Waals surface area contributed by atoms with Crippen molar-refractivity contribution in [2.75, 3.05) is 38.3 Å². The summed E-state index contributed by atoms with van der Waals surface area (Å²) in [6.07, 6.45) is 5.39. The molecule has 4 heterocycles. The second-order valence-electron chi connectivity index (χ2n) is 8.15. The van der Waals surface area contributed by atoms with Crippen LogP contribution in [0.3, 0.4) is 0 Å². The number of nitrogens with zero attached hydrogens (tertiary/aromatic N) is 6. The Morgan fingerprint density at radius 3 is 2.68 bits per heavy atom. The smallest absolute Gasteiger partial charge is 0.317 e. The lowest BCUT2D eigenvalue weighted by Crippen LogP contribution is -2.62. The van der Waals surface area contributed by atoms with E-state index in [0.717, 1.165) is 56.4 Å². The van der Waals surface area contributed by atoms with Gasteiger partial charge in [-0.05, 0) is 37.8 Å². The molecule has 0 radical (unpaired) electrons. The number of carbonyl (C=O) groups is 1. The van der Waals surface area contributed by atoms with Crippen LogP contribution in [0, 0.1) is 0 Å². The van der Waals surface area contributed by atoms with Crippen molar-refractivity contribution in [3.8, 4) is 0 Å². The molecule has 0 unspecified atom stereocenters. The first kappa shape index (κ1) is 17.7. The van der Waals surface area contributed by atoms with Crippen molar-refractivity contribution in [1.29, 1.82) is 0 Å². The minimum atomic E-state index is 0.00559. The van der Waals surface area contributed by atoms with Gasteiger partial charge in [0, 0.05) is 45.3 Å². The van der Waals surface area contributed by atoms with Crippen LogP contribution in [0.25, 0.3) is 5.65 Å². The summed E-state index contributed by atoms with van der Waals surface area (Å²) in [5.41, 5.74) is 0.802. The summed E-state index contributed by atoms with van der Waals surface area (Å²) >= 11 is 0. The normalized spacial score (nSPS) is 21.4. The van der Waals surface area contributed by atoms with Gasteiger partial charge >= 0.3 is 6.03 Å². The predicted molar refractivity (Wildman–Crippen MR) is 104 cm³/mol. The number of aromatic nitrogens is 4. The van der Waals surface area contributed by atoms with Crippen LogP contribution in [0.1, 0.15) is 43.8 Å². The standard InChI is InChI=1S/C19H27N7O2/c1-24(19(27)20-14-7-9-28-10-8-14)15-11-25(12-15)17-6-5-16-21-22-18(26(16)23-17)13-3-2-4-13/h5-6,13-15H,2-4,7-12H2,1H3,(H,20,27). The maximum atomic E-state index is 12.5. The SMILES string of the molecule is CN(C(=O)NC1CCOCC1)C1CN(c2ccc3nnc(C4CCC4)n3n2)C1. The Morgan fingerprint density at radius 1 is 1.18 bits per heavy atom. The molecular formula is C19H27N7O2. The largest absolute Gasteiger partial charge is 0.381 e. The second-order valence-corrected chi connectivity index (χ2v) is 8.15. The highest BCUT2D eigenvalue weighted by molar-refractivity contribution is 5.75. The Morgan fingerprint density at radius 2 is 1.96 bits per heavy atom. The van der Waals surface area contributed by atoms with Crippen LogP contribution in [0.4, 0.5) is 10.6 Å². The van der Waals surface area contributed by atoms with Gasteiger partial charge in [-0.2, -0.15) is 4.52 Å². The lowest BCUT2D eigenvalue weighted by Gasteiger charge is -2.44. The molecule has 2 aromatic heterocycles. The molecule has 5 rings (SSSR count). The zero-order valence-electron chi connectivity index (χ0n) is 16.3. The molecule has 0 spiro atoms. The van der Waals surface area contributed by atoms with Crippen LogP contribution < -0.4 is 10.2 Å². The fourth-order valence-corrected chi connectivity index (χ4v) is 4.06. The minimum absolute atomic E-state index is 0.00559. The first-order chi connectivity index (χ1) is 13.7. The molecule has 3 aliphatic rings. The van der Waals surface area contributed by atoms with E-state index in [0.29, 0.717) is 5.92 Å². The third-order valence-electron chi connectivity index (χ3n) is 6.35. The van der Waals surface area contributed by atoms with Crippen LogP contribution in [-0.4, -0.2) is 76.2 Å². The lowest BCUT2D eigenvalue weighted by atomic mass is 9.85. The van der Waals surface area contributed by atoms with E-state index >= 15 is 0 Å². The molecule has 1 saturated carbocycles. The zero-order chi connectivity index (χ0) is 19.1. The molecule has 1 N–H and O–H groups in total. The summed E-state index contributed by atoms with van der Waals surface area (Å²) in [6, 6.07) is 4.40. The molecular weight excluding hydrogens is 358 g/mol. The number of rotatable bonds is 4. The van der Waals surface area contributed by atoms with Crippen molar-refractivity contribution in [2.45, 2.75) is 50.1 Å². The number of ether oxygens (including phenoxy) is 1. The maximum absolute atomic E-state index is 12.5. The van der Waals surface area contributed by atoms with Crippen molar-refractivity contribution < 1.29 is 9.53 Å². The van der Waals surface area contributed by atoms with E-state index in [1.54, 1.807) is 0 Å². The van der Waals surface area contributed by atoms with Crippen LogP contribution in [0.5, 0.6) is 0 Å². The predicted octanol–water partition coefficient (Wildman–Crippen LogP) is 1.40. The third kappa shape index (κ3) is 3.17. The van der Waals surface area contributed by atoms with E-state index in [2.05, 4.69) is 20.4 Å². The number of carbonyl (C=O) groups excluding carboxylic acids is 1. The van der Waals surface area contributed by atoms with Crippen molar-refractivity contribution in [1.82, 2.24) is 30.0 Å². The van der Waals surface area contributed by atoms with Crippen molar-refractivity contribution in [3.63, 3.8) is 0 Å². The van der Waals surface area contributed by atoms with Gasteiger partial charge in [-0.25, -0.2) is 4.79 Å². The quantitative estimate of drug-likeness (QED) is 0.856. The average Bonchev–Trinajstić information content (AvgIpc) is 3.03. The highest BCUT2D eigenvalue weighted by Gasteiger charge is 2.34. The van der Waals surface area contributed by atoms with Gasteiger partial charge in [0.1, 0.15) is 5.82 Å². The van der Waals surface area contributed by atoms with Crippen LogP contribution >= 0.6 is 0 Å². The second kappa shape index (κ2) is 7.20. The van der Waals surface area contributed by atoms with E-state index in [1.165, 1.54) is 19.3 Å². The summed E-state index contributed by atoms with van der Waals surface area (Å²) in [5, 5.41) is 16.5. The molecule has 0 bridgehead atoms. The van der Waals surface area contributed by atoms with Crippen LogP contribution in [0.15, 0.2) is 12.1 Å². The maximum Gasteiger partial charge on any atom is 0.317 e. The van der Waals surface area contributed by atoms with E-state index in [1.807, 2.05) is 28.6 Å². The molecule has 3 fully saturated rings. The molecule has 2 aromatic rings. The Hall–Kier alpha value is -2.42.